The molecule has 0 aromatic heterocycles. The Morgan fingerprint density at radius 3 is 2.78 bits per heavy atom. The lowest BCUT2D eigenvalue weighted by atomic mass is 10.1. The molecule has 0 saturated heterocycles. The van der Waals surface area contributed by atoms with E-state index < -0.39 is 27.4 Å². The summed E-state index contributed by atoms with van der Waals surface area (Å²) >= 11 is 0. The minimum atomic E-state index is -1.49. The molecule has 0 fully saturated rings. The lowest BCUT2D eigenvalue weighted by Crippen LogP contribution is -2.46. The van der Waals surface area contributed by atoms with Gasteiger partial charge in [0.05, 0.1) is 12.4 Å². The molecule has 0 spiro atoms. The van der Waals surface area contributed by atoms with Crippen molar-refractivity contribution in [1.82, 2.24) is 5.32 Å². The van der Waals surface area contributed by atoms with E-state index in [1.54, 1.807) is 6.92 Å². The summed E-state index contributed by atoms with van der Waals surface area (Å²) in [4.78, 5) is 12.1. The van der Waals surface area contributed by atoms with Gasteiger partial charge in [-0.2, -0.15) is 0 Å². The minimum absolute atomic E-state index is 0.0544. The minimum Gasteiger partial charge on any atom is -0.467 e. The van der Waals surface area contributed by atoms with Crippen molar-refractivity contribution in [1.29, 1.82) is 0 Å². The molecule has 0 saturated carbocycles. The zero-order chi connectivity index (χ0) is 17.2. The summed E-state index contributed by atoms with van der Waals surface area (Å²) in [5.74, 6) is -0.157. The highest BCUT2D eigenvalue weighted by Crippen LogP contribution is 2.30. The zero-order valence-electron chi connectivity index (χ0n) is 13.8. The maximum atomic E-state index is 13.7. The van der Waals surface area contributed by atoms with Gasteiger partial charge in [0.25, 0.3) is 0 Å². The number of hydrogen-bond acceptors (Lipinski definition) is 4. The van der Waals surface area contributed by atoms with E-state index in [4.69, 9.17) is 9.47 Å². The van der Waals surface area contributed by atoms with E-state index in [1.807, 2.05) is 20.8 Å². The van der Waals surface area contributed by atoms with Crippen LogP contribution in [-0.4, -0.2) is 27.7 Å². The van der Waals surface area contributed by atoms with Crippen LogP contribution in [0.2, 0.25) is 0 Å². The van der Waals surface area contributed by atoms with Crippen LogP contribution in [0.5, 0.6) is 5.75 Å². The molecule has 0 bridgehead atoms. The second kappa shape index (κ2) is 6.97. The fourth-order valence-corrected chi connectivity index (χ4v) is 3.30. The fourth-order valence-electron chi connectivity index (χ4n) is 2.23. The summed E-state index contributed by atoms with van der Waals surface area (Å²) in [6.07, 6.45) is 0. The first-order valence-corrected chi connectivity index (χ1v) is 8.76. The highest BCUT2D eigenvalue weighted by atomic mass is 32.2. The van der Waals surface area contributed by atoms with Crippen LogP contribution in [0.15, 0.2) is 12.1 Å². The molecular formula is C16H22FNO4S. The Hall–Kier alpha value is -1.47. The molecule has 23 heavy (non-hydrogen) atoms. The molecule has 5 nitrogen and oxygen atoms in total. The molecule has 7 heteroatoms. The van der Waals surface area contributed by atoms with Gasteiger partial charge in [-0.05, 0) is 39.8 Å². The largest absolute Gasteiger partial charge is 0.467 e. The van der Waals surface area contributed by atoms with Crippen molar-refractivity contribution < 1.29 is 22.9 Å². The number of amides is 1. The molecule has 1 aromatic rings. The Labute approximate surface area is 138 Å². The Balaban J connectivity index is 2.14. The van der Waals surface area contributed by atoms with E-state index >= 15 is 0 Å². The van der Waals surface area contributed by atoms with Crippen molar-refractivity contribution in [2.24, 2.45) is 0 Å². The van der Waals surface area contributed by atoms with Crippen LogP contribution in [0, 0.1) is 5.82 Å². The van der Waals surface area contributed by atoms with E-state index in [0.717, 1.165) is 0 Å². The number of fused-ring (bicyclic) bond motifs is 1. The first-order valence-electron chi connectivity index (χ1n) is 7.38. The van der Waals surface area contributed by atoms with Crippen LogP contribution in [-0.2, 0) is 32.7 Å². The first kappa shape index (κ1) is 17.9. The van der Waals surface area contributed by atoms with Gasteiger partial charge in [0.15, 0.2) is 6.79 Å². The molecule has 1 heterocycles. The maximum absolute atomic E-state index is 13.7. The van der Waals surface area contributed by atoms with Crippen molar-refractivity contribution in [3.8, 4) is 5.75 Å². The fraction of sp³-hybridized carbons (Fsp3) is 0.562. The number of ether oxygens (including phenoxy) is 2. The third-order valence-corrected chi connectivity index (χ3v) is 4.91. The maximum Gasteiger partial charge on any atom is 0.235 e. The van der Waals surface area contributed by atoms with Crippen LogP contribution in [0.25, 0.3) is 0 Å². The molecule has 0 aliphatic carbocycles. The molecular weight excluding hydrogens is 321 g/mol. The number of nitrogens with one attached hydrogen (secondary N) is 1. The molecule has 0 unspecified atom stereocenters. The zero-order valence-corrected chi connectivity index (χ0v) is 14.6. The van der Waals surface area contributed by atoms with Gasteiger partial charge in [0.1, 0.15) is 16.8 Å². The third-order valence-electron chi connectivity index (χ3n) is 3.31. The van der Waals surface area contributed by atoms with E-state index in [1.165, 1.54) is 12.1 Å². The summed E-state index contributed by atoms with van der Waals surface area (Å²) in [6.45, 7) is 7.52. The average Bonchev–Trinajstić information content (AvgIpc) is 2.44. The van der Waals surface area contributed by atoms with Gasteiger partial charge < -0.3 is 14.8 Å². The number of carbonyl (C=O) groups is 1. The van der Waals surface area contributed by atoms with Crippen LogP contribution >= 0.6 is 0 Å². The molecule has 0 radical (unpaired) electrons. The number of rotatable bonds is 4. The van der Waals surface area contributed by atoms with Gasteiger partial charge in [0.2, 0.25) is 5.91 Å². The molecule has 2 atom stereocenters. The van der Waals surface area contributed by atoms with Crippen LogP contribution in [0.1, 0.15) is 38.8 Å². The molecule has 1 aliphatic rings. The SMILES string of the molecule is C[C@@H](C(=O)NC(C)(C)C)[S@](=O)Cc1cc(F)cc2c1OCOC2. The Bertz CT molecular complexity index is 627. The van der Waals surface area contributed by atoms with E-state index in [-0.39, 0.29) is 25.1 Å². The van der Waals surface area contributed by atoms with Crippen LogP contribution < -0.4 is 10.1 Å². The Morgan fingerprint density at radius 1 is 1.43 bits per heavy atom. The van der Waals surface area contributed by atoms with E-state index in [9.17, 15) is 13.4 Å². The van der Waals surface area contributed by atoms with Crippen molar-refractivity contribution in [3.05, 3.63) is 29.1 Å². The topological polar surface area (TPSA) is 64.6 Å². The Kier molecular flexibility index (Phi) is 5.41. The number of hydrogen-bond donors (Lipinski definition) is 1. The lowest BCUT2D eigenvalue weighted by Gasteiger charge is -2.24. The molecule has 2 rings (SSSR count). The quantitative estimate of drug-likeness (QED) is 0.911. The summed E-state index contributed by atoms with van der Waals surface area (Å²) in [5.41, 5.74) is 0.695. The number of halogens is 1. The van der Waals surface area contributed by atoms with Gasteiger partial charge in [-0.1, -0.05) is 0 Å². The monoisotopic (exact) mass is 343 g/mol. The second-order valence-electron chi connectivity index (χ2n) is 6.57. The average molecular weight is 343 g/mol. The molecule has 1 amide bonds. The second-order valence-corrected chi connectivity index (χ2v) is 8.33. The van der Waals surface area contributed by atoms with E-state index in [2.05, 4.69) is 5.32 Å². The normalized spacial score (nSPS) is 16.9. The lowest BCUT2D eigenvalue weighted by molar-refractivity contribution is -0.121. The van der Waals surface area contributed by atoms with Gasteiger partial charge >= 0.3 is 0 Å². The van der Waals surface area contributed by atoms with Crippen molar-refractivity contribution >= 4 is 16.7 Å². The first-order chi connectivity index (χ1) is 10.7. The number of carbonyl (C=O) groups excluding carboxylic acids is 1. The van der Waals surface area contributed by atoms with Crippen molar-refractivity contribution in [2.75, 3.05) is 6.79 Å². The van der Waals surface area contributed by atoms with Crippen LogP contribution in [0.4, 0.5) is 4.39 Å². The summed E-state index contributed by atoms with van der Waals surface area (Å²) in [6, 6.07) is 2.65. The summed E-state index contributed by atoms with van der Waals surface area (Å²) < 4.78 is 36.7. The van der Waals surface area contributed by atoms with E-state index in [0.29, 0.717) is 16.9 Å². The standard InChI is InChI=1S/C16H22FNO4S/c1-10(15(19)18-16(2,3)4)23(20)8-12-6-13(17)5-11-7-21-9-22-14(11)12/h5-6,10H,7-9H2,1-4H3,(H,18,19)/t10-,23+/m0/s1. The Morgan fingerprint density at radius 2 is 2.13 bits per heavy atom. The van der Waals surface area contributed by atoms with Crippen LogP contribution in [0.3, 0.4) is 0 Å². The number of benzene rings is 1. The highest BCUT2D eigenvalue weighted by Gasteiger charge is 2.26. The molecule has 1 aromatic carbocycles. The summed E-state index contributed by atoms with van der Waals surface area (Å²) in [7, 11) is -1.49. The van der Waals surface area contributed by atoms with Crippen molar-refractivity contribution in [2.45, 2.75) is 50.8 Å². The van der Waals surface area contributed by atoms with Gasteiger partial charge in [0, 0.05) is 27.5 Å². The third kappa shape index (κ3) is 4.75. The predicted octanol–water partition coefficient (Wildman–Crippen LogP) is 2.24. The highest BCUT2D eigenvalue weighted by molar-refractivity contribution is 7.85. The van der Waals surface area contributed by atoms with Gasteiger partial charge in [-0.15, -0.1) is 0 Å². The summed E-state index contributed by atoms with van der Waals surface area (Å²) in [5, 5.41) is 2.10. The smallest absolute Gasteiger partial charge is 0.235 e. The molecule has 128 valence electrons. The van der Waals surface area contributed by atoms with Crippen molar-refractivity contribution in [3.63, 3.8) is 0 Å². The molecule has 1 N–H and O–H groups in total. The van der Waals surface area contributed by atoms with Gasteiger partial charge in [-0.25, -0.2) is 4.39 Å². The van der Waals surface area contributed by atoms with Gasteiger partial charge in [-0.3, -0.25) is 9.00 Å². The predicted molar refractivity (Wildman–Crippen MR) is 85.9 cm³/mol. The molecule has 1 aliphatic heterocycles.